The number of hydrogen-bond acceptors (Lipinski definition) is 3. The Morgan fingerprint density at radius 2 is 1.74 bits per heavy atom. The molecule has 146 valence electrons. The molecule has 2 aromatic rings. The second kappa shape index (κ2) is 7.73. The molecular formula is C16H13ClF4N2O3S. The summed E-state index contributed by atoms with van der Waals surface area (Å²) in [5, 5.41) is 1.97. The third-order valence-electron chi connectivity index (χ3n) is 3.37. The van der Waals surface area contributed by atoms with Crippen LogP contribution in [-0.2, 0) is 21.0 Å². The largest absolute Gasteiger partial charge is 0.416 e. The van der Waals surface area contributed by atoms with E-state index in [0.29, 0.717) is 4.31 Å². The van der Waals surface area contributed by atoms with Gasteiger partial charge in [-0.25, -0.2) is 12.8 Å². The second-order valence-electron chi connectivity index (χ2n) is 5.49. The molecule has 1 N–H and O–H groups in total. The molecule has 11 heteroatoms. The fourth-order valence-corrected chi connectivity index (χ4v) is 3.14. The number of benzene rings is 2. The van der Waals surface area contributed by atoms with Gasteiger partial charge in [0.25, 0.3) is 0 Å². The first-order chi connectivity index (χ1) is 12.4. The standard InChI is InChI=1S/C16H13ClF4N2O3S/c1-27(25,26)23(12-6-7-14(18)13(17)8-12)9-15(24)22-11-4-2-10(3-5-11)16(19,20)21/h2-8H,9H2,1H3,(H,22,24). The van der Waals surface area contributed by atoms with Crippen LogP contribution in [0.4, 0.5) is 28.9 Å². The lowest BCUT2D eigenvalue weighted by Gasteiger charge is -2.22. The Labute approximate surface area is 157 Å². The van der Waals surface area contributed by atoms with Crippen LogP contribution in [0.25, 0.3) is 0 Å². The van der Waals surface area contributed by atoms with E-state index in [1.807, 2.05) is 0 Å². The molecule has 0 aliphatic carbocycles. The third-order valence-corrected chi connectivity index (χ3v) is 4.80. The maximum absolute atomic E-state index is 13.3. The lowest BCUT2D eigenvalue weighted by atomic mass is 10.2. The summed E-state index contributed by atoms with van der Waals surface area (Å²) in [6, 6.07) is 6.77. The molecule has 0 aliphatic rings. The molecule has 2 aromatic carbocycles. The summed E-state index contributed by atoms with van der Waals surface area (Å²) >= 11 is 5.64. The Balaban J connectivity index is 2.18. The van der Waals surface area contributed by atoms with Crippen molar-refractivity contribution in [2.75, 3.05) is 22.4 Å². The van der Waals surface area contributed by atoms with Crippen molar-refractivity contribution < 1.29 is 30.8 Å². The Morgan fingerprint density at radius 1 is 1.15 bits per heavy atom. The van der Waals surface area contributed by atoms with E-state index in [9.17, 15) is 30.8 Å². The van der Waals surface area contributed by atoms with Gasteiger partial charge in [0.1, 0.15) is 12.4 Å². The minimum Gasteiger partial charge on any atom is -0.325 e. The number of anilines is 2. The average Bonchev–Trinajstić information content (AvgIpc) is 2.54. The van der Waals surface area contributed by atoms with Crippen LogP contribution in [0.3, 0.4) is 0 Å². The van der Waals surface area contributed by atoms with Gasteiger partial charge in [-0.1, -0.05) is 11.6 Å². The first-order valence-corrected chi connectivity index (χ1v) is 9.50. The molecule has 0 fully saturated rings. The summed E-state index contributed by atoms with van der Waals surface area (Å²) in [4.78, 5) is 12.1. The SMILES string of the molecule is CS(=O)(=O)N(CC(=O)Nc1ccc(C(F)(F)F)cc1)c1ccc(F)c(Cl)c1. The molecule has 1 amide bonds. The van der Waals surface area contributed by atoms with Crippen LogP contribution in [0.2, 0.25) is 5.02 Å². The van der Waals surface area contributed by atoms with Crippen molar-refractivity contribution in [2.24, 2.45) is 0 Å². The van der Waals surface area contributed by atoms with Gasteiger partial charge in [-0.3, -0.25) is 9.10 Å². The number of sulfonamides is 1. The van der Waals surface area contributed by atoms with Gasteiger partial charge in [0.2, 0.25) is 15.9 Å². The lowest BCUT2D eigenvalue weighted by Crippen LogP contribution is -2.37. The first-order valence-electron chi connectivity index (χ1n) is 7.28. The predicted molar refractivity (Wildman–Crippen MR) is 93.7 cm³/mol. The summed E-state index contributed by atoms with van der Waals surface area (Å²) < 4.78 is 75.5. The highest BCUT2D eigenvalue weighted by Gasteiger charge is 2.30. The van der Waals surface area contributed by atoms with Crippen molar-refractivity contribution in [3.63, 3.8) is 0 Å². The minimum absolute atomic E-state index is 0.0357. The van der Waals surface area contributed by atoms with Crippen LogP contribution in [-0.4, -0.2) is 27.1 Å². The number of halogens is 5. The zero-order chi connectivity index (χ0) is 20.4. The van der Waals surface area contributed by atoms with Crippen molar-refractivity contribution >= 4 is 38.9 Å². The molecule has 0 aromatic heterocycles. The van der Waals surface area contributed by atoms with Crippen LogP contribution < -0.4 is 9.62 Å². The van der Waals surface area contributed by atoms with Crippen LogP contribution in [0.15, 0.2) is 42.5 Å². The van der Waals surface area contributed by atoms with Gasteiger partial charge in [0.15, 0.2) is 0 Å². The smallest absolute Gasteiger partial charge is 0.325 e. The highest BCUT2D eigenvalue weighted by atomic mass is 35.5. The highest BCUT2D eigenvalue weighted by Crippen LogP contribution is 2.30. The summed E-state index contributed by atoms with van der Waals surface area (Å²) in [6.45, 7) is -0.679. The van der Waals surface area contributed by atoms with E-state index < -0.39 is 40.0 Å². The third kappa shape index (κ3) is 5.57. The van der Waals surface area contributed by atoms with E-state index in [1.165, 1.54) is 0 Å². The number of nitrogens with one attached hydrogen (secondary N) is 1. The monoisotopic (exact) mass is 424 g/mol. The highest BCUT2D eigenvalue weighted by molar-refractivity contribution is 7.92. The molecule has 0 spiro atoms. The molecule has 0 atom stereocenters. The van der Waals surface area contributed by atoms with Crippen molar-refractivity contribution in [3.8, 4) is 0 Å². The summed E-state index contributed by atoms with van der Waals surface area (Å²) in [5.41, 5.74) is -0.871. The summed E-state index contributed by atoms with van der Waals surface area (Å²) in [7, 11) is -3.92. The first kappa shape index (κ1) is 21.0. The van der Waals surface area contributed by atoms with Gasteiger partial charge in [-0.05, 0) is 42.5 Å². The van der Waals surface area contributed by atoms with Crippen molar-refractivity contribution in [2.45, 2.75) is 6.18 Å². The van der Waals surface area contributed by atoms with Crippen molar-refractivity contribution in [3.05, 3.63) is 58.9 Å². The number of carbonyl (C=O) groups excluding carboxylic acids is 1. The number of hydrogen-bond donors (Lipinski definition) is 1. The lowest BCUT2D eigenvalue weighted by molar-refractivity contribution is -0.137. The van der Waals surface area contributed by atoms with Crippen LogP contribution >= 0.6 is 11.6 Å². The molecule has 0 unspecified atom stereocenters. The van der Waals surface area contributed by atoms with E-state index in [-0.39, 0.29) is 16.4 Å². The Morgan fingerprint density at radius 3 is 2.22 bits per heavy atom. The number of amides is 1. The van der Waals surface area contributed by atoms with Gasteiger partial charge in [-0.2, -0.15) is 13.2 Å². The van der Waals surface area contributed by atoms with Crippen molar-refractivity contribution in [1.82, 2.24) is 0 Å². The topological polar surface area (TPSA) is 66.5 Å². The van der Waals surface area contributed by atoms with E-state index in [0.717, 1.165) is 48.7 Å². The number of carbonyl (C=O) groups is 1. The second-order valence-corrected chi connectivity index (χ2v) is 7.81. The zero-order valence-electron chi connectivity index (χ0n) is 13.7. The summed E-state index contributed by atoms with van der Waals surface area (Å²) in [6.07, 6.45) is -3.67. The maximum atomic E-state index is 13.3. The molecule has 0 radical (unpaired) electrons. The number of alkyl halides is 3. The van der Waals surface area contributed by atoms with Crippen LogP contribution in [0.5, 0.6) is 0 Å². The van der Waals surface area contributed by atoms with E-state index in [1.54, 1.807) is 0 Å². The van der Waals surface area contributed by atoms with Gasteiger partial charge in [0.05, 0.1) is 22.5 Å². The maximum Gasteiger partial charge on any atom is 0.416 e. The molecule has 0 heterocycles. The number of nitrogens with zero attached hydrogens (tertiary/aromatic N) is 1. The van der Waals surface area contributed by atoms with E-state index in [2.05, 4.69) is 5.32 Å². The quantitative estimate of drug-likeness (QED) is 0.740. The predicted octanol–water partition coefficient (Wildman–Crippen LogP) is 3.90. The Hall–Kier alpha value is -2.33. The Kier molecular flexibility index (Phi) is 6.01. The van der Waals surface area contributed by atoms with Gasteiger partial charge < -0.3 is 5.32 Å². The number of rotatable bonds is 5. The fraction of sp³-hybridized carbons (Fsp3) is 0.188. The molecule has 5 nitrogen and oxygen atoms in total. The minimum atomic E-state index is -4.52. The van der Waals surface area contributed by atoms with Gasteiger partial charge >= 0.3 is 6.18 Å². The molecule has 0 saturated carbocycles. The van der Waals surface area contributed by atoms with Crippen LogP contribution in [0.1, 0.15) is 5.56 Å². The Bertz CT molecular complexity index is 947. The molecule has 0 aliphatic heterocycles. The zero-order valence-corrected chi connectivity index (χ0v) is 15.3. The molecule has 2 rings (SSSR count). The molecular weight excluding hydrogens is 412 g/mol. The normalized spacial score (nSPS) is 11.9. The molecule has 0 saturated heterocycles. The van der Waals surface area contributed by atoms with Gasteiger partial charge in [0, 0.05) is 5.69 Å². The van der Waals surface area contributed by atoms with E-state index >= 15 is 0 Å². The average molecular weight is 425 g/mol. The molecule has 27 heavy (non-hydrogen) atoms. The van der Waals surface area contributed by atoms with Gasteiger partial charge in [-0.15, -0.1) is 0 Å². The van der Waals surface area contributed by atoms with E-state index in [4.69, 9.17) is 11.6 Å². The summed E-state index contributed by atoms with van der Waals surface area (Å²) in [5.74, 6) is -1.57. The fourth-order valence-electron chi connectivity index (χ4n) is 2.11. The van der Waals surface area contributed by atoms with Crippen molar-refractivity contribution in [1.29, 1.82) is 0 Å². The van der Waals surface area contributed by atoms with Crippen LogP contribution in [0, 0.1) is 5.82 Å². The molecule has 0 bridgehead atoms.